The minimum Gasteiger partial charge on any atom is -0.475 e. The molecule has 0 radical (unpaired) electrons. The summed E-state index contributed by atoms with van der Waals surface area (Å²) in [6.45, 7) is 0.271. The molecule has 5 heteroatoms. The Kier molecular flexibility index (Phi) is 1.66. The van der Waals surface area contributed by atoms with Gasteiger partial charge in [-0.25, -0.2) is 4.79 Å². The maximum absolute atomic E-state index is 10.5. The van der Waals surface area contributed by atoms with E-state index in [9.17, 15) is 9.59 Å². The van der Waals surface area contributed by atoms with Gasteiger partial charge < -0.3 is 10.4 Å². The summed E-state index contributed by atoms with van der Waals surface area (Å²) in [5, 5.41) is 10.4. The minimum absolute atomic E-state index is 0.253. The van der Waals surface area contributed by atoms with E-state index in [0.717, 1.165) is 0 Å². The number of rotatable bonds is 1. The lowest BCUT2D eigenvalue weighted by Gasteiger charge is -2.08. The standard InChI is InChI=1S/C5H6N2O3/c8-3-1-2-6-4(7-3)5(9)10/h1-2H2,(H,9,10)(H,6,7,8). The molecule has 0 unspecified atom stereocenters. The van der Waals surface area contributed by atoms with Crippen LogP contribution in [-0.2, 0) is 9.59 Å². The van der Waals surface area contributed by atoms with Crippen LogP contribution in [0.2, 0.25) is 0 Å². The van der Waals surface area contributed by atoms with Gasteiger partial charge in [0.2, 0.25) is 11.7 Å². The molecule has 2 N–H and O–H groups in total. The Bertz CT molecular complexity index is 209. The lowest BCUT2D eigenvalue weighted by atomic mass is 10.3. The highest BCUT2D eigenvalue weighted by molar-refractivity contribution is 6.37. The highest BCUT2D eigenvalue weighted by Gasteiger charge is 2.16. The third-order valence-electron chi connectivity index (χ3n) is 1.07. The highest BCUT2D eigenvalue weighted by atomic mass is 16.4. The first kappa shape index (κ1) is 6.73. The third kappa shape index (κ3) is 1.31. The zero-order valence-corrected chi connectivity index (χ0v) is 5.13. The van der Waals surface area contributed by atoms with Crippen LogP contribution in [0.15, 0.2) is 4.99 Å². The summed E-state index contributed by atoms with van der Waals surface area (Å²) < 4.78 is 0. The van der Waals surface area contributed by atoms with Crippen LogP contribution in [0.25, 0.3) is 0 Å². The van der Waals surface area contributed by atoms with Gasteiger partial charge in [-0.05, 0) is 0 Å². The topological polar surface area (TPSA) is 78.8 Å². The molecule has 0 atom stereocenters. The van der Waals surface area contributed by atoms with E-state index in [1.165, 1.54) is 0 Å². The predicted molar refractivity (Wildman–Crippen MR) is 32.7 cm³/mol. The summed E-state index contributed by atoms with van der Waals surface area (Å²) in [7, 11) is 0. The SMILES string of the molecule is O=C1CCN=C(C(=O)O)N1. The fourth-order valence-electron chi connectivity index (χ4n) is 0.624. The number of hydrogen-bond acceptors (Lipinski definition) is 3. The van der Waals surface area contributed by atoms with Gasteiger partial charge >= 0.3 is 5.97 Å². The van der Waals surface area contributed by atoms with Crippen molar-refractivity contribution < 1.29 is 14.7 Å². The van der Waals surface area contributed by atoms with Gasteiger partial charge in [-0.2, -0.15) is 0 Å². The van der Waals surface area contributed by atoms with Crippen molar-refractivity contribution in [2.24, 2.45) is 4.99 Å². The van der Waals surface area contributed by atoms with E-state index >= 15 is 0 Å². The molecular weight excluding hydrogens is 136 g/mol. The number of nitrogens with one attached hydrogen (secondary N) is 1. The maximum atomic E-state index is 10.5. The monoisotopic (exact) mass is 142 g/mol. The van der Waals surface area contributed by atoms with Crippen LogP contribution in [0.5, 0.6) is 0 Å². The van der Waals surface area contributed by atoms with E-state index in [2.05, 4.69) is 10.3 Å². The molecule has 0 aromatic carbocycles. The Balaban J connectivity index is 2.69. The van der Waals surface area contributed by atoms with Crippen molar-refractivity contribution in [2.75, 3.05) is 6.54 Å². The molecule has 0 bridgehead atoms. The molecule has 0 aliphatic carbocycles. The quantitative estimate of drug-likeness (QED) is 0.492. The van der Waals surface area contributed by atoms with Gasteiger partial charge in [0.15, 0.2) is 0 Å². The van der Waals surface area contributed by atoms with Crippen molar-refractivity contribution in [1.29, 1.82) is 0 Å². The molecule has 0 aromatic rings. The number of amidine groups is 1. The Morgan fingerprint density at radius 3 is 2.80 bits per heavy atom. The van der Waals surface area contributed by atoms with E-state index in [0.29, 0.717) is 0 Å². The van der Waals surface area contributed by atoms with E-state index in [-0.39, 0.29) is 24.7 Å². The number of nitrogens with zero attached hydrogens (tertiary/aromatic N) is 1. The van der Waals surface area contributed by atoms with Crippen LogP contribution in [0.3, 0.4) is 0 Å². The summed E-state index contributed by atoms with van der Waals surface area (Å²) in [5.74, 6) is -1.73. The van der Waals surface area contributed by atoms with Gasteiger partial charge in [0.1, 0.15) is 0 Å². The molecule has 0 saturated carbocycles. The van der Waals surface area contributed by atoms with Crippen molar-refractivity contribution in [2.45, 2.75) is 6.42 Å². The van der Waals surface area contributed by atoms with Gasteiger partial charge in [0, 0.05) is 6.42 Å². The van der Waals surface area contributed by atoms with Gasteiger partial charge in [0.05, 0.1) is 6.54 Å². The van der Waals surface area contributed by atoms with Gasteiger partial charge in [0.25, 0.3) is 0 Å². The first-order valence-corrected chi connectivity index (χ1v) is 2.78. The van der Waals surface area contributed by atoms with E-state index in [1.54, 1.807) is 0 Å². The number of aliphatic imine (C=N–C) groups is 1. The molecule has 10 heavy (non-hydrogen) atoms. The van der Waals surface area contributed by atoms with Crippen LogP contribution in [0.1, 0.15) is 6.42 Å². The first-order chi connectivity index (χ1) is 4.70. The molecular formula is C5H6N2O3. The maximum Gasteiger partial charge on any atom is 0.371 e. The summed E-state index contributed by atoms with van der Waals surface area (Å²) >= 11 is 0. The first-order valence-electron chi connectivity index (χ1n) is 2.78. The van der Waals surface area contributed by atoms with E-state index in [4.69, 9.17) is 5.11 Å². The molecule has 1 aliphatic heterocycles. The van der Waals surface area contributed by atoms with Crippen molar-refractivity contribution >= 4 is 17.7 Å². The van der Waals surface area contributed by atoms with Crippen molar-refractivity contribution in [3.05, 3.63) is 0 Å². The van der Waals surface area contributed by atoms with Gasteiger partial charge in [-0.3, -0.25) is 9.79 Å². The summed E-state index contributed by atoms with van der Waals surface area (Å²) in [6.07, 6.45) is 0.275. The number of carboxylic acid groups (broad SMARTS) is 1. The second-order valence-electron chi connectivity index (χ2n) is 1.83. The lowest BCUT2D eigenvalue weighted by molar-refractivity contribution is -0.131. The minimum atomic E-state index is -1.19. The molecule has 0 aromatic heterocycles. The highest BCUT2D eigenvalue weighted by Crippen LogP contribution is 1.90. The van der Waals surface area contributed by atoms with Crippen LogP contribution < -0.4 is 5.32 Å². The molecule has 1 heterocycles. The summed E-state index contributed by atoms with van der Waals surface area (Å²) in [4.78, 5) is 24.2. The average molecular weight is 142 g/mol. The number of carboxylic acids is 1. The zero-order chi connectivity index (χ0) is 7.56. The molecule has 0 saturated heterocycles. The van der Waals surface area contributed by atoms with Crippen LogP contribution in [0.4, 0.5) is 0 Å². The second-order valence-corrected chi connectivity index (χ2v) is 1.83. The Labute approximate surface area is 56.8 Å². The van der Waals surface area contributed by atoms with E-state index in [1.807, 2.05) is 0 Å². The number of carbonyl (C=O) groups is 2. The molecule has 1 rings (SSSR count). The van der Waals surface area contributed by atoms with Gasteiger partial charge in [-0.15, -0.1) is 0 Å². The molecule has 1 amide bonds. The second kappa shape index (κ2) is 2.47. The third-order valence-corrected chi connectivity index (χ3v) is 1.07. The van der Waals surface area contributed by atoms with Crippen molar-refractivity contribution in [3.63, 3.8) is 0 Å². The fraction of sp³-hybridized carbons (Fsp3) is 0.400. The number of aliphatic carboxylic acids is 1. The molecule has 0 fully saturated rings. The van der Waals surface area contributed by atoms with Crippen LogP contribution >= 0.6 is 0 Å². The summed E-state index contributed by atoms with van der Waals surface area (Å²) in [5.41, 5.74) is 0. The Morgan fingerprint density at radius 1 is 1.70 bits per heavy atom. The van der Waals surface area contributed by atoms with Crippen molar-refractivity contribution in [1.82, 2.24) is 5.32 Å². The number of carbonyl (C=O) groups excluding carboxylic acids is 1. The normalized spacial score (nSPS) is 17.6. The zero-order valence-electron chi connectivity index (χ0n) is 5.13. The lowest BCUT2D eigenvalue weighted by Crippen LogP contribution is -2.39. The predicted octanol–water partition coefficient (Wildman–Crippen LogP) is -1.01. The van der Waals surface area contributed by atoms with Crippen LogP contribution in [0, 0.1) is 0 Å². The molecule has 54 valence electrons. The fourth-order valence-corrected chi connectivity index (χ4v) is 0.624. The molecule has 0 spiro atoms. The number of amides is 1. The molecule has 1 aliphatic rings. The summed E-state index contributed by atoms with van der Waals surface area (Å²) in [6, 6.07) is 0. The largest absolute Gasteiger partial charge is 0.475 e. The Morgan fingerprint density at radius 2 is 2.40 bits per heavy atom. The van der Waals surface area contributed by atoms with Crippen LogP contribution in [-0.4, -0.2) is 29.4 Å². The average Bonchev–Trinajstić information content (AvgIpc) is 1.88. The molecule has 5 nitrogen and oxygen atoms in total. The van der Waals surface area contributed by atoms with Gasteiger partial charge in [-0.1, -0.05) is 0 Å². The van der Waals surface area contributed by atoms with Crippen molar-refractivity contribution in [3.8, 4) is 0 Å². The Hall–Kier alpha value is -1.39. The smallest absolute Gasteiger partial charge is 0.371 e. The number of hydrogen-bond donors (Lipinski definition) is 2. The van der Waals surface area contributed by atoms with E-state index < -0.39 is 5.97 Å².